The van der Waals surface area contributed by atoms with Crippen molar-refractivity contribution >= 4 is 19.2 Å². The zero-order valence-electron chi connectivity index (χ0n) is 14.4. The second-order valence-corrected chi connectivity index (χ2v) is 7.97. The number of rotatable bonds is 7. The lowest BCUT2D eigenvalue weighted by Crippen LogP contribution is -2.10. The van der Waals surface area contributed by atoms with E-state index in [1.165, 1.54) is 10.9 Å². The Kier molecular flexibility index (Phi) is 6.50. The Morgan fingerprint density at radius 2 is 1.65 bits per heavy atom. The molecule has 2 rings (SSSR count). The van der Waals surface area contributed by atoms with Gasteiger partial charge in [-0.2, -0.15) is 0 Å². The summed E-state index contributed by atoms with van der Waals surface area (Å²) >= 11 is 0. The van der Waals surface area contributed by atoms with Gasteiger partial charge in [0, 0.05) is 17.3 Å². The maximum absolute atomic E-state index is 12.5. The molecule has 0 fully saturated rings. The Bertz CT molecular complexity index is 642. The normalized spacial score (nSPS) is 12.2. The maximum Gasteiger partial charge on any atom is 0.165 e. The van der Waals surface area contributed by atoms with Gasteiger partial charge < -0.3 is 4.52 Å². The lowest BCUT2D eigenvalue weighted by atomic mass is 9.95. The second kappa shape index (κ2) is 8.38. The summed E-state index contributed by atoms with van der Waals surface area (Å²) in [5, 5.41) is 1.24. The Hall–Kier alpha value is -1.50. The molecule has 0 aromatic heterocycles. The van der Waals surface area contributed by atoms with Crippen LogP contribution in [-0.2, 0) is 4.52 Å². The molecule has 1 atom stereocenters. The molecule has 1 unspecified atom stereocenters. The topological polar surface area (TPSA) is 26.3 Å². The van der Waals surface area contributed by atoms with E-state index in [-0.39, 0.29) is 5.78 Å². The highest BCUT2D eigenvalue weighted by Gasteiger charge is 2.15. The van der Waals surface area contributed by atoms with E-state index in [1.807, 2.05) is 32.0 Å². The van der Waals surface area contributed by atoms with Crippen LogP contribution in [-0.4, -0.2) is 18.6 Å². The Labute approximate surface area is 140 Å². The maximum atomic E-state index is 12.5. The van der Waals surface area contributed by atoms with E-state index < -0.39 is 8.15 Å². The van der Waals surface area contributed by atoms with Gasteiger partial charge in [-0.3, -0.25) is 4.79 Å². The largest absolute Gasteiger partial charge is 0.354 e. The third-order valence-electron chi connectivity index (χ3n) is 3.86. The fourth-order valence-electron chi connectivity index (χ4n) is 2.94. The standard InChI is InChI=1S/C20H25O2P/c1-5-23(18-9-7-6-8-10-18)22-12-11-19(21)20-16(3)13-15(2)14-17(20)4/h6-10,13-14H,5,11-12H2,1-4H3. The molecular weight excluding hydrogens is 303 g/mol. The number of carbonyl (C=O) groups excluding carboxylic acids is 1. The highest BCUT2D eigenvalue weighted by molar-refractivity contribution is 7.60. The fourth-order valence-corrected chi connectivity index (χ4v) is 4.45. The van der Waals surface area contributed by atoms with Gasteiger partial charge in [0.1, 0.15) is 0 Å². The zero-order valence-corrected chi connectivity index (χ0v) is 15.3. The van der Waals surface area contributed by atoms with Crippen molar-refractivity contribution in [1.29, 1.82) is 0 Å². The average Bonchev–Trinajstić information content (AvgIpc) is 2.51. The fraction of sp³-hybridized carbons (Fsp3) is 0.350. The molecule has 0 aliphatic carbocycles. The van der Waals surface area contributed by atoms with Crippen LogP contribution in [0.2, 0.25) is 0 Å². The van der Waals surface area contributed by atoms with Crippen LogP contribution in [0.15, 0.2) is 42.5 Å². The third kappa shape index (κ3) is 4.73. The van der Waals surface area contributed by atoms with Gasteiger partial charge in [0.2, 0.25) is 0 Å². The first-order valence-corrected chi connectivity index (χ1v) is 9.54. The molecule has 0 N–H and O–H groups in total. The molecule has 0 saturated carbocycles. The van der Waals surface area contributed by atoms with Crippen LogP contribution in [0.3, 0.4) is 0 Å². The Morgan fingerprint density at radius 3 is 2.22 bits per heavy atom. The van der Waals surface area contributed by atoms with Gasteiger partial charge in [0.15, 0.2) is 5.78 Å². The minimum Gasteiger partial charge on any atom is -0.354 e. The first kappa shape index (κ1) is 17.8. The Morgan fingerprint density at radius 1 is 1.04 bits per heavy atom. The van der Waals surface area contributed by atoms with Gasteiger partial charge in [-0.25, -0.2) is 0 Å². The van der Waals surface area contributed by atoms with Gasteiger partial charge in [-0.1, -0.05) is 55.0 Å². The first-order chi connectivity index (χ1) is 11.0. The van der Waals surface area contributed by atoms with E-state index in [9.17, 15) is 4.79 Å². The monoisotopic (exact) mass is 328 g/mol. The molecule has 0 saturated heterocycles. The first-order valence-electron chi connectivity index (χ1n) is 8.09. The molecule has 3 heteroatoms. The van der Waals surface area contributed by atoms with Crippen molar-refractivity contribution in [2.75, 3.05) is 12.8 Å². The molecule has 23 heavy (non-hydrogen) atoms. The molecule has 0 radical (unpaired) electrons. The minimum absolute atomic E-state index is 0.180. The van der Waals surface area contributed by atoms with E-state index in [1.54, 1.807) is 0 Å². The lowest BCUT2D eigenvalue weighted by molar-refractivity contribution is 0.0964. The summed E-state index contributed by atoms with van der Waals surface area (Å²) < 4.78 is 6.02. The zero-order chi connectivity index (χ0) is 16.8. The van der Waals surface area contributed by atoms with Crippen LogP contribution in [0.1, 0.15) is 40.4 Å². The van der Waals surface area contributed by atoms with Gasteiger partial charge in [0.05, 0.1) is 14.8 Å². The molecule has 0 heterocycles. The summed E-state index contributed by atoms with van der Waals surface area (Å²) in [4.78, 5) is 12.5. The molecule has 0 spiro atoms. The Balaban J connectivity index is 1.97. The quantitative estimate of drug-likeness (QED) is 0.531. The lowest BCUT2D eigenvalue weighted by Gasteiger charge is -2.16. The van der Waals surface area contributed by atoms with Crippen LogP contribution in [0.25, 0.3) is 0 Å². The highest BCUT2D eigenvalue weighted by atomic mass is 31.1. The molecule has 2 aromatic carbocycles. The van der Waals surface area contributed by atoms with Crippen molar-refractivity contribution in [3.05, 3.63) is 64.7 Å². The minimum atomic E-state index is -0.626. The number of hydrogen-bond donors (Lipinski definition) is 0. The van der Waals surface area contributed by atoms with E-state index in [4.69, 9.17) is 4.52 Å². The van der Waals surface area contributed by atoms with Gasteiger partial charge >= 0.3 is 0 Å². The summed E-state index contributed by atoms with van der Waals surface area (Å²) in [5.41, 5.74) is 4.19. The highest BCUT2D eigenvalue weighted by Crippen LogP contribution is 2.35. The van der Waals surface area contributed by atoms with Crippen LogP contribution in [0.5, 0.6) is 0 Å². The molecule has 2 aromatic rings. The molecule has 2 nitrogen and oxygen atoms in total. The second-order valence-electron chi connectivity index (χ2n) is 5.81. The van der Waals surface area contributed by atoms with Crippen molar-refractivity contribution in [3.63, 3.8) is 0 Å². The molecule has 0 amide bonds. The van der Waals surface area contributed by atoms with Gasteiger partial charge in [0.25, 0.3) is 0 Å². The predicted octanol–water partition coefficient (Wildman–Crippen LogP) is 4.94. The van der Waals surface area contributed by atoms with E-state index in [0.717, 1.165) is 22.9 Å². The summed E-state index contributed by atoms with van der Waals surface area (Å²) in [5.74, 6) is 0.180. The SMILES string of the molecule is CCP(OCCC(=O)c1c(C)cc(C)cc1C)c1ccccc1. The van der Waals surface area contributed by atoms with Gasteiger partial charge in [-0.05, 0) is 38.1 Å². The smallest absolute Gasteiger partial charge is 0.165 e. The number of hydrogen-bond acceptors (Lipinski definition) is 2. The number of aryl methyl sites for hydroxylation is 3. The third-order valence-corrected chi connectivity index (χ3v) is 5.81. The van der Waals surface area contributed by atoms with Gasteiger partial charge in [-0.15, -0.1) is 0 Å². The summed E-state index contributed by atoms with van der Waals surface area (Å²) in [7, 11) is -0.626. The van der Waals surface area contributed by atoms with Crippen molar-refractivity contribution < 1.29 is 9.32 Å². The predicted molar refractivity (Wildman–Crippen MR) is 99.1 cm³/mol. The molecule has 0 aliphatic rings. The van der Waals surface area contributed by atoms with Crippen LogP contribution < -0.4 is 5.30 Å². The van der Waals surface area contributed by atoms with Crippen molar-refractivity contribution in [2.24, 2.45) is 0 Å². The number of carbonyl (C=O) groups is 1. The molecular formula is C20H25O2P. The van der Waals surface area contributed by atoms with E-state index >= 15 is 0 Å². The van der Waals surface area contributed by atoms with Crippen LogP contribution in [0, 0.1) is 20.8 Å². The molecule has 122 valence electrons. The average molecular weight is 328 g/mol. The summed E-state index contributed by atoms with van der Waals surface area (Å²) in [6.07, 6.45) is 1.41. The van der Waals surface area contributed by atoms with Crippen LogP contribution >= 0.6 is 8.15 Å². The number of Topliss-reactive ketones (excluding diaryl/α,β-unsaturated/α-hetero) is 1. The van der Waals surface area contributed by atoms with Crippen molar-refractivity contribution in [3.8, 4) is 0 Å². The van der Waals surface area contributed by atoms with Crippen molar-refractivity contribution in [1.82, 2.24) is 0 Å². The van der Waals surface area contributed by atoms with Crippen molar-refractivity contribution in [2.45, 2.75) is 34.1 Å². The van der Waals surface area contributed by atoms with Crippen LogP contribution in [0.4, 0.5) is 0 Å². The molecule has 0 aliphatic heterocycles. The van der Waals surface area contributed by atoms with E-state index in [0.29, 0.717) is 13.0 Å². The summed E-state index contributed by atoms with van der Waals surface area (Å²) in [6.45, 7) is 8.70. The van der Waals surface area contributed by atoms with E-state index in [2.05, 4.69) is 38.1 Å². The number of benzene rings is 2. The number of ketones is 1. The summed E-state index contributed by atoms with van der Waals surface area (Å²) in [6, 6.07) is 14.4. The molecule has 0 bridgehead atoms.